The van der Waals surface area contributed by atoms with E-state index in [4.69, 9.17) is 0 Å². The highest BCUT2D eigenvalue weighted by molar-refractivity contribution is 7.14. The Balaban J connectivity index is 1.42. The highest BCUT2D eigenvalue weighted by Crippen LogP contribution is 2.59. The first-order valence-corrected chi connectivity index (χ1v) is 14.6. The summed E-state index contributed by atoms with van der Waals surface area (Å²) in [7, 11) is 0. The fraction of sp³-hybridized carbons (Fsp3) is 0.290. The molecule has 0 radical (unpaired) electrons. The first kappa shape index (κ1) is 23.6. The van der Waals surface area contributed by atoms with Crippen molar-refractivity contribution in [1.29, 1.82) is 0 Å². The molecule has 206 valence electrons. The summed E-state index contributed by atoms with van der Waals surface area (Å²) in [5.74, 6) is -5.29. The number of piperidine rings is 1. The molecule has 5 aliphatic rings. The number of nitrogens with zero attached hydrogens (tertiary/aromatic N) is 3. The molecule has 1 saturated carbocycles. The van der Waals surface area contributed by atoms with E-state index in [0.29, 0.717) is 16.7 Å². The van der Waals surface area contributed by atoms with Gasteiger partial charge in [0.15, 0.2) is 11.4 Å². The molecule has 4 heterocycles. The zero-order chi connectivity index (χ0) is 27.9. The normalized spacial score (nSPS) is 25.9. The first-order chi connectivity index (χ1) is 19.8. The SMILES string of the molecule is O=C1c2c(O)c(=O)ccn2N(C2c3ccccc3-c3scc4c3-c3c2ccc(F)c3C(F)(F)C4)C2C3CCC(C3)N12. The molecule has 6 nitrogen and oxygen atoms in total. The van der Waals surface area contributed by atoms with E-state index in [0.717, 1.165) is 41.3 Å². The largest absolute Gasteiger partial charge is 0.502 e. The van der Waals surface area contributed by atoms with Gasteiger partial charge in [0, 0.05) is 46.6 Å². The molecule has 3 aliphatic carbocycles. The maximum Gasteiger partial charge on any atom is 0.280 e. The first-order valence-electron chi connectivity index (χ1n) is 13.7. The number of carbonyl (C=O) groups excluding carboxylic acids is 1. The summed E-state index contributed by atoms with van der Waals surface area (Å²) in [5.41, 5.74) is 2.11. The van der Waals surface area contributed by atoms with E-state index in [1.54, 1.807) is 21.0 Å². The van der Waals surface area contributed by atoms with Gasteiger partial charge in [-0.25, -0.2) is 13.2 Å². The second kappa shape index (κ2) is 7.61. The predicted molar refractivity (Wildman–Crippen MR) is 146 cm³/mol. The summed E-state index contributed by atoms with van der Waals surface area (Å²) in [6.07, 6.45) is 2.96. The number of thiophene rings is 1. The van der Waals surface area contributed by atoms with Gasteiger partial charge in [-0.15, -0.1) is 11.3 Å². The molecule has 4 aromatic rings. The zero-order valence-corrected chi connectivity index (χ0v) is 22.3. The van der Waals surface area contributed by atoms with Crippen molar-refractivity contribution in [2.45, 2.75) is 49.9 Å². The number of benzene rings is 2. The van der Waals surface area contributed by atoms with Crippen molar-refractivity contribution in [3.63, 3.8) is 0 Å². The van der Waals surface area contributed by atoms with E-state index in [2.05, 4.69) is 0 Å². The molecule has 2 bridgehead atoms. The van der Waals surface area contributed by atoms with Crippen LogP contribution in [0.3, 0.4) is 0 Å². The van der Waals surface area contributed by atoms with Gasteiger partial charge in [-0.05, 0) is 53.0 Å². The minimum Gasteiger partial charge on any atom is -0.502 e. The number of amides is 1. The number of hydrogen-bond donors (Lipinski definition) is 1. The highest BCUT2D eigenvalue weighted by Gasteiger charge is 2.57. The zero-order valence-electron chi connectivity index (χ0n) is 21.5. The Kier molecular flexibility index (Phi) is 4.39. The van der Waals surface area contributed by atoms with Crippen molar-refractivity contribution in [2.75, 3.05) is 5.01 Å². The minimum absolute atomic E-state index is 0.0517. The molecule has 1 amide bonds. The molecule has 1 saturated heterocycles. The van der Waals surface area contributed by atoms with Gasteiger partial charge in [-0.3, -0.25) is 19.3 Å². The molecule has 2 aromatic carbocycles. The van der Waals surface area contributed by atoms with Crippen molar-refractivity contribution >= 4 is 17.2 Å². The Hall–Kier alpha value is -4.05. The molecule has 2 aliphatic heterocycles. The summed E-state index contributed by atoms with van der Waals surface area (Å²) in [4.78, 5) is 29.0. The maximum absolute atomic E-state index is 15.7. The van der Waals surface area contributed by atoms with Crippen molar-refractivity contribution in [3.8, 4) is 27.3 Å². The van der Waals surface area contributed by atoms with Crippen LogP contribution < -0.4 is 10.4 Å². The van der Waals surface area contributed by atoms with E-state index < -0.39 is 53.0 Å². The summed E-state index contributed by atoms with van der Waals surface area (Å²) in [5, 5.41) is 14.6. The number of alkyl halides is 2. The third-order valence-electron chi connectivity index (χ3n) is 9.70. The van der Waals surface area contributed by atoms with Crippen LogP contribution in [0, 0.1) is 11.7 Å². The van der Waals surface area contributed by atoms with Crippen LogP contribution in [-0.2, 0) is 12.3 Å². The van der Waals surface area contributed by atoms with Gasteiger partial charge in [0.1, 0.15) is 12.0 Å². The smallest absolute Gasteiger partial charge is 0.280 e. The van der Waals surface area contributed by atoms with E-state index in [1.165, 1.54) is 23.6 Å². The number of halogens is 3. The van der Waals surface area contributed by atoms with Gasteiger partial charge < -0.3 is 10.0 Å². The van der Waals surface area contributed by atoms with Crippen LogP contribution >= 0.6 is 11.3 Å². The summed E-state index contributed by atoms with van der Waals surface area (Å²) in [6.45, 7) is 0. The monoisotopic (exact) mass is 573 g/mol. The number of carbonyl (C=O) groups is 1. The topological polar surface area (TPSA) is 65.8 Å². The number of rotatable bonds is 1. The summed E-state index contributed by atoms with van der Waals surface area (Å²) < 4.78 is 48.4. The van der Waals surface area contributed by atoms with E-state index in [-0.39, 0.29) is 23.2 Å². The maximum atomic E-state index is 15.7. The number of hydrogen-bond acceptors (Lipinski definition) is 5. The second-order valence-electron chi connectivity index (χ2n) is 11.7. The molecule has 0 spiro atoms. The number of fused-ring (bicyclic) bond motifs is 8. The molecule has 1 N–H and O–H groups in total. The molecule has 9 rings (SSSR count). The fourth-order valence-electron chi connectivity index (χ4n) is 8.19. The van der Waals surface area contributed by atoms with Crippen molar-refractivity contribution in [2.24, 2.45) is 5.92 Å². The number of pyridine rings is 1. The Morgan fingerprint density at radius 2 is 1.83 bits per heavy atom. The Morgan fingerprint density at radius 3 is 2.68 bits per heavy atom. The van der Waals surface area contributed by atoms with Gasteiger partial charge in [-0.2, -0.15) is 0 Å². The van der Waals surface area contributed by atoms with E-state index in [1.807, 2.05) is 29.3 Å². The lowest BCUT2D eigenvalue weighted by Crippen LogP contribution is -2.64. The molecule has 4 atom stereocenters. The van der Waals surface area contributed by atoms with E-state index in [9.17, 15) is 14.7 Å². The number of aromatic nitrogens is 1. The Morgan fingerprint density at radius 1 is 1.00 bits per heavy atom. The summed E-state index contributed by atoms with van der Waals surface area (Å²) >= 11 is 1.38. The van der Waals surface area contributed by atoms with E-state index >= 15 is 13.2 Å². The van der Waals surface area contributed by atoms with Crippen molar-refractivity contribution in [1.82, 2.24) is 9.58 Å². The van der Waals surface area contributed by atoms with Gasteiger partial charge in [-0.1, -0.05) is 30.3 Å². The van der Waals surface area contributed by atoms with Gasteiger partial charge in [0.05, 0.1) is 11.6 Å². The van der Waals surface area contributed by atoms with Crippen LogP contribution in [0.4, 0.5) is 13.2 Å². The van der Waals surface area contributed by atoms with Crippen LogP contribution in [0.2, 0.25) is 0 Å². The molecular weight excluding hydrogens is 551 g/mol. The molecule has 41 heavy (non-hydrogen) atoms. The van der Waals surface area contributed by atoms with Crippen molar-refractivity contribution in [3.05, 3.63) is 98.0 Å². The van der Waals surface area contributed by atoms with Crippen LogP contribution in [-0.4, -0.2) is 32.8 Å². The standard InChI is InChI=1S/C31H22F3N3O3S/c32-20-8-7-19-23-22-15(12-31(33,34)24(20)23)13-41-28(22)18-4-2-1-3-17(18)25(19)37-29-14-5-6-16(11-14)36(29)30(40)26-27(39)21(38)9-10-35(26)37/h1-4,7-10,13-14,16,25,29,39H,5-6,11-12H2. The second-order valence-corrected chi connectivity index (χ2v) is 12.6. The minimum atomic E-state index is -3.40. The van der Waals surface area contributed by atoms with Crippen LogP contribution in [0.5, 0.6) is 5.75 Å². The third-order valence-corrected chi connectivity index (χ3v) is 10.8. The lowest BCUT2D eigenvalue weighted by molar-refractivity contribution is -0.00825. The molecule has 4 unspecified atom stereocenters. The Bertz CT molecular complexity index is 1920. The third kappa shape index (κ3) is 2.79. The van der Waals surface area contributed by atoms with Crippen LogP contribution in [0.15, 0.2) is 58.8 Å². The van der Waals surface area contributed by atoms with Crippen LogP contribution in [0.25, 0.3) is 21.6 Å². The fourth-order valence-corrected chi connectivity index (χ4v) is 9.31. The average Bonchev–Trinajstić information content (AvgIpc) is 3.66. The predicted octanol–water partition coefficient (Wildman–Crippen LogP) is 5.74. The quantitative estimate of drug-likeness (QED) is 0.316. The lowest BCUT2D eigenvalue weighted by Gasteiger charge is -2.51. The van der Waals surface area contributed by atoms with Gasteiger partial charge in [0.25, 0.3) is 11.8 Å². The molecule has 2 aromatic heterocycles. The van der Waals surface area contributed by atoms with Gasteiger partial charge in [0.2, 0.25) is 5.43 Å². The summed E-state index contributed by atoms with van der Waals surface area (Å²) in [6, 6.07) is 10.9. The number of aromatic hydroxyl groups is 1. The van der Waals surface area contributed by atoms with Crippen LogP contribution in [0.1, 0.15) is 58.0 Å². The molecular formula is C31H22F3N3O3S. The average molecular weight is 574 g/mol. The van der Waals surface area contributed by atoms with Crippen molar-refractivity contribution < 1.29 is 23.1 Å². The molecule has 10 heteroatoms. The Labute approximate surface area is 235 Å². The molecule has 2 fully saturated rings. The van der Waals surface area contributed by atoms with Gasteiger partial charge >= 0.3 is 0 Å². The highest BCUT2D eigenvalue weighted by atomic mass is 32.1. The lowest BCUT2D eigenvalue weighted by atomic mass is 9.80.